The molecule has 0 bridgehead atoms. The Morgan fingerprint density at radius 1 is 1.08 bits per heavy atom. The minimum Gasteiger partial charge on any atom is -0.480 e. The molecule has 1 aromatic heterocycles. The number of pyridine rings is 1. The molecule has 0 saturated carbocycles. The van der Waals surface area contributed by atoms with E-state index in [9.17, 15) is 4.79 Å². The average molecular weight is 410 g/mol. The van der Waals surface area contributed by atoms with Gasteiger partial charge in [-0.1, -0.05) is 46.9 Å². The highest BCUT2D eigenvalue weighted by Crippen LogP contribution is 2.37. The van der Waals surface area contributed by atoms with Gasteiger partial charge in [0.15, 0.2) is 12.4 Å². The Morgan fingerprint density at radius 2 is 1.81 bits per heavy atom. The van der Waals surface area contributed by atoms with Crippen molar-refractivity contribution in [3.63, 3.8) is 0 Å². The number of hydrogen-bond donors (Lipinski definition) is 1. The summed E-state index contributed by atoms with van der Waals surface area (Å²) < 4.78 is 5.64. The second-order valence-corrected chi connectivity index (χ2v) is 6.96. The molecule has 26 heavy (non-hydrogen) atoms. The molecule has 0 atom stereocenters. The van der Waals surface area contributed by atoms with Gasteiger partial charge < -0.3 is 10.1 Å². The molecule has 1 amide bonds. The summed E-state index contributed by atoms with van der Waals surface area (Å²) in [5.41, 5.74) is 2.27. The van der Waals surface area contributed by atoms with E-state index in [2.05, 4.69) is 10.3 Å². The van der Waals surface area contributed by atoms with Gasteiger partial charge in [-0.25, -0.2) is 4.98 Å². The Kier molecular flexibility index (Phi) is 5.87. The van der Waals surface area contributed by atoms with E-state index in [1.54, 1.807) is 18.2 Å². The second kappa shape index (κ2) is 8.12. The molecule has 0 aliphatic rings. The Balaban J connectivity index is 1.70. The first-order valence-electron chi connectivity index (χ1n) is 7.83. The van der Waals surface area contributed by atoms with Crippen molar-refractivity contribution in [2.45, 2.75) is 13.5 Å². The van der Waals surface area contributed by atoms with Crippen molar-refractivity contribution in [3.8, 4) is 5.75 Å². The molecule has 1 N–H and O–H groups in total. The van der Waals surface area contributed by atoms with Gasteiger partial charge in [-0.3, -0.25) is 4.79 Å². The molecule has 3 rings (SSSR count). The quantitative estimate of drug-likeness (QED) is 0.630. The molecule has 0 unspecified atom stereocenters. The predicted octanol–water partition coefficient (Wildman–Crippen LogP) is 5.20. The maximum atomic E-state index is 12.1. The number of amides is 1. The van der Waals surface area contributed by atoms with E-state index in [0.29, 0.717) is 32.9 Å². The van der Waals surface area contributed by atoms with Gasteiger partial charge in [0.25, 0.3) is 5.91 Å². The number of benzene rings is 2. The van der Waals surface area contributed by atoms with Crippen molar-refractivity contribution in [1.29, 1.82) is 0 Å². The van der Waals surface area contributed by atoms with Gasteiger partial charge in [0, 0.05) is 22.6 Å². The minimum atomic E-state index is -0.272. The van der Waals surface area contributed by atoms with Crippen LogP contribution in [-0.4, -0.2) is 17.5 Å². The Bertz CT molecular complexity index is 959. The van der Waals surface area contributed by atoms with Crippen molar-refractivity contribution in [3.05, 3.63) is 68.8 Å². The van der Waals surface area contributed by atoms with E-state index >= 15 is 0 Å². The fourth-order valence-electron chi connectivity index (χ4n) is 2.42. The lowest BCUT2D eigenvalue weighted by atomic mass is 10.2. The fraction of sp³-hybridized carbons (Fsp3) is 0.158. The summed E-state index contributed by atoms with van der Waals surface area (Å²) in [5.74, 6) is 0.0724. The third-order valence-corrected chi connectivity index (χ3v) is 4.57. The lowest BCUT2D eigenvalue weighted by Gasteiger charge is -2.12. The number of ether oxygens (including phenoxy) is 1. The number of rotatable bonds is 5. The zero-order chi connectivity index (χ0) is 18.7. The highest BCUT2D eigenvalue weighted by Gasteiger charge is 2.14. The van der Waals surface area contributed by atoms with E-state index in [1.807, 2.05) is 31.2 Å². The first-order chi connectivity index (χ1) is 12.4. The number of carbonyl (C=O) groups is 1. The number of hydrogen-bond acceptors (Lipinski definition) is 3. The van der Waals surface area contributed by atoms with Crippen molar-refractivity contribution in [1.82, 2.24) is 10.3 Å². The molecule has 134 valence electrons. The van der Waals surface area contributed by atoms with E-state index in [4.69, 9.17) is 39.5 Å². The molecule has 3 aromatic rings. The summed E-state index contributed by atoms with van der Waals surface area (Å²) in [4.78, 5) is 16.5. The summed E-state index contributed by atoms with van der Waals surface area (Å²) in [6.07, 6.45) is 0. The third-order valence-electron chi connectivity index (χ3n) is 3.73. The number of carbonyl (C=O) groups excluding carboxylic acids is 1. The topological polar surface area (TPSA) is 51.2 Å². The first-order valence-corrected chi connectivity index (χ1v) is 8.97. The number of nitrogens with one attached hydrogen (secondary N) is 1. The summed E-state index contributed by atoms with van der Waals surface area (Å²) in [6.45, 7) is 2.06. The third kappa shape index (κ3) is 4.39. The summed E-state index contributed by atoms with van der Waals surface area (Å²) >= 11 is 18.3. The Hall–Kier alpha value is -2.01. The summed E-state index contributed by atoms with van der Waals surface area (Å²) in [5, 5.41) is 4.95. The van der Waals surface area contributed by atoms with Crippen LogP contribution in [0.5, 0.6) is 5.75 Å². The second-order valence-electron chi connectivity index (χ2n) is 5.71. The van der Waals surface area contributed by atoms with Crippen LogP contribution in [-0.2, 0) is 11.3 Å². The largest absolute Gasteiger partial charge is 0.480 e. The van der Waals surface area contributed by atoms with Crippen molar-refractivity contribution >= 4 is 51.6 Å². The van der Waals surface area contributed by atoms with E-state index in [1.165, 1.54) is 0 Å². The van der Waals surface area contributed by atoms with Crippen LogP contribution in [0.15, 0.2) is 42.5 Å². The number of nitrogens with zero attached hydrogens (tertiary/aromatic N) is 1. The monoisotopic (exact) mass is 408 g/mol. The van der Waals surface area contributed by atoms with Crippen LogP contribution in [0.25, 0.3) is 10.9 Å². The highest BCUT2D eigenvalue weighted by molar-refractivity contribution is 6.39. The maximum Gasteiger partial charge on any atom is 0.258 e. The number of aryl methyl sites for hydroxylation is 1. The van der Waals surface area contributed by atoms with Crippen LogP contribution in [0.4, 0.5) is 0 Å². The molecule has 0 radical (unpaired) electrons. The summed E-state index contributed by atoms with van der Waals surface area (Å²) in [6, 6.07) is 12.5. The highest BCUT2D eigenvalue weighted by atomic mass is 35.5. The predicted molar refractivity (Wildman–Crippen MR) is 105 cm³/mol. The lowest BCUT2D eigenvalue weighted by Crippen LogP contribution is -2.28. The minimum absolute atomic E-state index is 0.181. The summed E-state index contributed by atoms with van der Waals surface area (Å²) in [7, 11) is 0. The molecule has 0 aliphatic heterocycles. The number of aromatic nitrogens is 1. The molecular weight excluding hydrogens is 395 g/mol. The Labute approximate surface area is 166 Å². The SMILES string of the molecule is Cc1ccc2c(Cl)cc(Cl)c(OCC(=O)NCc3ccc(Cl)cc3)c2n1. The maximum absolute atomic E-state index is 12.1. The molecular formula is C19H15Cl3N2O2. The molecule has 4 nitrogen and oxygen atoms in total. The van der Waals surface area contributed by atoms with Crippen molar-refractivity contribution in [2.75, 3.05) is 6.61 Å². The molecule has 0 aliphatic carbocycles. The van der Waals surface area contributed by atoms with E-state index in [-0.39, 0.29) is 12.5 Å². The molecule has 0 spiro atoms. The van der Waals surface area contributed by atoms with E-state index in [0.717, 1.165) is 16.6 Å². The van der Waals surface area contributed by atoms with Gasteiger partial charge in [0.05, 0.1) is 10.0 Å². The number of fused-ring (bicyclic) bond motifs is 1. The van der Waals surface area contributed by atoms with E-state index < -0.39 is 0 Å². The van der Waals surface area contributed by atoms with Crippen LogP contribution in [0.1, 0.15) is 11.3 Å². The molecule has 1 heterocycles. The fourth-order valence-corrected chi connectivity index (χ4v) is 3.12. The van der Waals surface area contributed by atoms with Crippen LogP contribution in [0.3, 0.4) is 0 Å². The van der Waals surface area contributed by atoms with Crippen molar-refractivity contribution in [2.24, 2.45) is 0 Å². The van der Waals surface area contributed by atoms with Gasteiger partial charge in [-0.2, -0.15) is 0 Å². The normalized spacial score (nSPS) is 10.8. The van der Waals surface area contributed by atoms with Gasteiger partial charge in [0.2, 0.25) is 0 Å². The van der Waals surface area contributed by atoms with Gasteiger partial charge in [-0.15, -0.1) is 0 Å². The van der Waals surface area contributed by atoms with Gasteiger partial charge >= 0.3 is 0 Å². The van der Waals surface area contributed by atoms with Gasteiger partial charge in [-0.05, 0) is 42.8 Å². The van der Waals surface area contributed by atoms with Crippen LogP contribution < -0.4 is 10.1 Å². The van der Waals surface area contributed by atoms with Crippen LogP contribution in [0.2, 0.25) is 15.1 Å². The first kappa shape index (κ1) is 18.8. The zero-order valence-electron chi connectivity index (χ0n) is 13.9. The van der Waals surface area contributed by atoms with Crippen LogP contribution in [0, 0.1) is 6.92 Å². The standard InChI is InChI=1S/C19H15Cl3N2O2/c1-11-2-7-14-15(21)8-16(22)19(18(14)24-11)26-10-17(25)23-9-12-3-5-13(20)6-4-12/h2-8H,9-10H2,1H3,(H,23,25). The molecule has 0 fully saturated rings. The van der Waals surface area contributed by atoms with Crippen LogP contribution >= 0.6 is 34.8 Å². The lowest BCUT2D eigenvalue weighted by molar-refractivity contribution is -0.123. The zero-order valence-corrected chi connectivity index (χ0v) is 16.1. The smallest absolute Gasteiger partial charge is 0.258 e. The molecule has 2 aromatic carbocycles. The van der Waals surface area contributed by atoms with Gasteiger partial charge in [0.1, 0.15) is 5.52 Å². The molecule has 7 heteroatoms. The number of halogens is 3. The Morgan fingerprint density at radius 3 is 2.54 bits per heavy atom. The average Bonchev–Trinajstić information content (AvgIpc) is 2.60. The molecule has 0 saturated heterocycles. The van der Waals surface area contributed by atoms with Crippen molar-refractivity contribution < 1.29 is 9.53 Å².